The highest BCUT2D eigenvalue weighted by atomic mass is 16.5. The fourth-order valence-corrected chi connectivity index (χ4v) is 3.44. The molecule has 28 heavy (non-hydrogen) atoms. The maximum absolute atomic E-state index is 13.0. The van der Waals surface area contributed by atoms with Gasteiger partial charge in [0.1, 0.15) is 23.6 Å². The first-order chi connectivity index (χ1) is 13.6. The predicted octanol–water partition coefficient (Wildman–Crippen LogP) is 1.34. The van der Waals surface area contributed by atoms with Crippen molar-refractivity contribution in [3.63, 3.8) is 0 Å². The first-order valence-electron chi connectivity index (χ1n) is 9.00. The second-order valence-electron chi connectivity index (χ2n) is 6.58. The molecule has 0 unspecified atom stereocenters. The number of piperazine rings is 1. The summed E-state index contributed by atoms with van der Waals surface area (Å²) in [6.07, 6.45) is 3.34. The minimum absolute atomic E-state index is 0.0361. The predicted molar refractivity (Wildman–Crippen MR) is 104 cm³/mol. The van der Waals surface area contributed by atoms with Crippen LogP contribution in [0, 0.1) is 0 Å². The van der Waals surface area contributed by atoms with Gasteiger partial charge in [-0.05, 0) is 12.1 Å². The van der Waals surface area contributed by atoms with Gasteiger partial charge in [-0.1, -0.05) is 0 Å². The fraction of sp³-hybridized carbons (Fsp3) is 0.368. The first-order valence-corrected chi connectivity index (χ1v) is 9.00. The average Bonchev–Trinajstić information content (AvgIpc) is 3.14. The zero-order valence-electron chi connectivity index (χ0n) is 16.1. The molecule has 0 spiro atoms. The van der Waals surface area contributed by atoms with E-state index in [2.05, 4.69) is 20.0 Å². The van der Waals surface area contributed by atoms with E-state index in [-0.39, 0.29) is 5.91 Å². The lowest BCUT2D eigenvalue weighted by molar-refractivity contribution is 0.0746. The van der Waals surface area contributed by atoms with Crippen molar-refractivity contribution < 1.29 is 14.3 Å². The van der Waals surface area contributed by atoms with Gasteiger partial charge >= 0.3 is 0 Å². The van der Waals surface area contributed by atoms with Crippen LogP contribution in [0.3, 0.4) is 0 Å². The number of aromatic nitrogens is 4. The molecule has 3 aromatic rings. The van der Waals surface area contributed by atoms with Crippen molar-refractivity contribution in [2.24, 2.45) is 7.05 Å². The number of benzene rings is 1. The van der Waals surface area contributed by atoms with Gasteiger partial charge in [0.15, 0.2) is 5.65 Å². The van der Waals surface area contributed by atoms with Crippen LogP contribution in [0.4, 0.5) is 5.82 Å². The van der Waals surface area contributed by atoms with E-state index < -0.39 is 0 Å². The standard InChI is InChI=1S/C19H22N6O3/c1-23-17-16(11-22-23)18(21-12-20-17)24-4-6-25(7-5-24)19(26)13-8-14(27-2)10-15(9-13)28-3/h8-12H,4-7H2,1-3H3. The number of amides is 1. The largest absolute Gasteiger partial charge is 0.497 e. The molecule has 1 fully saturated rings. The van der Waals surface area contributed by atoms with Crippen molar-refractivity contribution in [3.8, 4) is 11.5 Å². The van der Waals surface area contributed by atoms with Crippen LogP contribution in [-0.4, -0.2) is 71.0 Å². The summed E-state index contributed by atoms with van der Waals surface area (Å²) >= 11 is 0. The summed E-state index contributed by atoms with van der Waals surface area (Å²) in [5.41, 5.74) is 1.35. The summed E-state index contributed by atoms with van der Waals surface area (Å²) < 4.78 is 12.3. The topological polar surface area (TPSA) is 85.6 Å². The van der Waals surface area contributed by atoms with Crippen molar-refractivity contribution in [1.82, 2.24) is 24.6 Å². The number of hydrogen-bond donors (Lipinski definition) is 0. The van der Waals surface area contributed by atoms with Crippen molar-refractivity contribution in [2.45, 2.75) is 0 Å². The number of rotatable bonds is 4. The molecular weight excluding hydrogens is 360 g/mol. The van der Waals surface area contributed by atoms with Crippen LogP contribution < -0.4 is 14.4 Å². The Morgan fingerprint density at radius 3 is 2.32 bits per heavy atom. The second-order valence-corrected chi connectivity index (χ2v) is 6.58. The van der Waals surface area contributed by atoms with E-state index in [0.717, 1.165) is 16.9 Å². The molecule has 1 aliphatic rings. The molecular formula is C19H22N6O3. The summed E-state index contributed by atoms with van der Waals surface area (Å²) in [7, 11) is 5.00. The van der Waals surface area contributed by atoms with Crippen LogP contribution in [0.2, 0.25) is 0 Å². The molecule has 2 aromatic heterocycles. The Bertz CT molecular complexity index is 988. The van der Waals surface area contributed by atoms with E-state index >= 15 is 0 Å². The van der Waals surface area contributed by atoms with Crippen molar-refractivity contribution in [1.29, 1.82) is 0 Å². The molecule has 9 heteroatoms. The number of methoxy groups -OCH3 is 2. The fourth-order valence-electron chi connectivity index (χ4n) is 3.44. The van der Waals surface area contributed by atoms with Crippen LogP contribution in [-0.2, 0) is 7.05 Å². The average molecular weight is 382 g/mol. The minimum Gasteiger partial charge on any atom is -0.497 e. The Labute approximate surface area is 162 Å². The van der Waals surface area contributed by atoms with Crippen molar-refractivity contribution in [3.05, 3.63) is 36.3 Å². The van der Waals surface area contributed by atoms with Gasteiger partial charge in [0.25, 0.3) is 5.91 Å². The van der Waals surface area contributed by atoms with E-state index in [4.69, 9.17) is 9.47 Å². The lowest BCUT2D eigenvalue weighted by Gasteiger charge is -2.35. The normalized spacial score (nSPS) is 14.4. The van der Waals surface area contributed by atoms with E-state index in [1.54, 1.807) is 49.6 Å². The third-order valence-corrected chi connectivity index (χ3v) is 4.97. The Hall–Kier alpha value is -3.36. The molecule has 0 radical (unpaired) electrons. The molecule has 4 rings (SSSR count). The van der Waals surface area contributed by atoms with Crippen molar-refractivity contribution in [2.75, 3.05) is 45.3 Å². The molecule has 0 bridgehead atoms. The monoisotopic (exact) mass is 382 g/mol. The molecule has 1 saturated heterocycles. The molecule has 1 aliphatic heterocycles. The van der Waals surface area contributed by atoms with Crippen LogP contribution >= 0.6 is 0 Å². The highest BCUT2D eigenvalue weighted by molar-refractivity contribution is 5.95. The van der Waals surface area contributed by atoms with Gasteiger partial charge in [-0.25, -0.2) is 9.97 Å². The number of aryl methyl sites for hydroxylation is 1. The van der Waals surface area contributed by atoms with Gasteiger partial charge in [0.05, 0.1) is 25.8 Å². The van der Waals surface area contributed by atoms with Gasteiger partial charge in [-0.3, -0.25) is 9.48 Å². The summed E-state index contributed by atoms with van der Waals surface area (Å²) in [4.78, 5) is 25.7. The van der Waals surface area contributed by atoms with E-state index in [1.807, 2.05) is 11.9 Å². The molecule has 3 heterocycles. The van der Waals surface area contributed by atoms with Gasteiger partial charge in [0, 0.05) is 44.9 Å². The number of carbonyl (C=O) groups excluding carboxylic acids is 1. The summed E-state index contributed by atoms with van der Waals surface area (Å²) in [6.45, 7) is 2.58. The van der Waals surface area contributed by atoms with Gasteiger partial charge in [-0.2, -0.15) is 5.10 Å². The third-order valence-electron chi connectivity index (χ3n) is 4.97. The number of hydrogen-bond acceptors (Lipinski definition) is 7. The number of carbonyl (C=O) groups is 1. The maximum atomic E-state index is 13.0. The lowest BCUT2D eigenvalue weighted by Crippen LogP contribution is -2.49. The van der Waals surface area contributed by atoms with Crippen LogP contribution in [0.1, 0.15) is 10.4 Å². The Balaban J connectivity index is 1.50. The Morgan fingerprint density at radius 2 is 1.68 bits per heavy atom. The number of nitrogens with zero attached hydrogens (tertiary/aromatic N) is 6. The zero-order valence-corrected chi connectivity index (χ0v) is 16.1. The van der Waals surface area contributed by atoms with Gasteiger partial charge < -0.3 is 19.3 Å². The SMILES string of the molecule is COc1cc(OC)cc(C(=O)N2CCN(c3ncnc4c3cnn4C)CC2)c1. The lowest BCUT2D eigenvalue weighted by atomic mass is 10.1. The maximum Gasteiger partial charge on any atom is 0.254 e. The second kappa shape index (κ2) is 7.34. The Kier molecular flexibility index (Phi) is 4.72. The van der Waals surface area contributed by atoms with Crippen LogP contribution in [0.5, 0.6) is 11.5 Å². The van der Waals surface area contributed by atoms with E-state index in [9.17, 15) is 4.79 Å². The summed E-state index contributed by atoms with van der Waals surface area (Å²) in [5.74, 6) is 2.02. The molecule has 1 amide bonds. The first kappa shape index (κ1) is 18.0. The molecule has 9 nitrogen and oxygen atoms in total. The minimum atomic E-state index is -0.0361. The quantitative estimate of drug-likeness (QED) is 0.673. The smallest absolute Gasteiger partial charge is 0.254 e. The number of fused-ring (bicyclic) bond motifs is 1. The highest BCUT2D eigenvalue weighted by Crippen LogP contribution is 2.26. The molecule has 0 aliphatic carbocycles. The molecule has 0 saturated carbocycles. The van der Waals surface area contributed by atoms with E-state index in [1.165, 1.54) is 0 Å². The Morgan fingerprint density at radius 1 is 1.00 bits per heavy atom. The van der Waals surface area contributed by atoms with E-state index in [0.29, 0.717) is 43.2 Å². The van der Waals surface area contributed by atoms with Crippen LogP contribution in [0.15, 0.2) is 30.7 Å². The molecule has 1 aromatic carbocycles. The molecule has 0 atom stereocenters. The zero-order chi connectivity index (χ0) is 19.7. The van der Waals surface area contributed by atoms with Crippen molar-refractivity contribution >= 4 is 22.8 Å². The summed E-state index contributed by atoms with van der Waals surface area (Å²) in [6, 6.07) is 5.23. The highest BCUT2D eigenvalue weighted by Gasteiger charge is 2.25. The van der Waals surface area contributed by atoms with Gasteiger partial charge in [0.2, 0.25) is 0 Å². The molecule has 0 N–H and O–H groups in total. The number of anilines is 1. The van der Waals surface area contributed by atoms with Crippen LogP contribution in [0.25, 0.3) is 11.0 Å². The third kappa shape index (κ3) is 3.19. The molecule has 146 valence electrons. The summed E-state index contributed by atoms with van der Waals surface area (Å²) in [5, 5.41) is 5.18. The number of ether oxygens (including phenoxy) is 2. The van der Waals surface area contributed by atoms with Gasteiger partial charge in [-0.15, -0.1) is 0 Å².